The summed E-state index contributed by atoms with van der Waals surface area (Å²) in [6.07, 6.45) is 11.3. The third-order valence-corrected chi connectivity index (χ3v) is 11.6. The van der Waals surface area contributed by atoms with Crippen LogP contribution in [0.2, 0.25) is 0 Å². The molecule has 0 spiro atoms. The number of nitrogens with one attached hydrogen (secondary N) is 1. The van der Waals surface area contributed by atoms with Crippen molar-refractivity contribution in [3.63, 3.8) is 0 Å². The summed E-state index contributed by atoms with van der Waals surface area (Å²) in [7, 11) is 4.48. The van der Waals surface area contributed by atoms with Gasteiger partial charge in [-0.15, -0.1) is 0 Å². The van der Waals surface area contributed by atoms with Gasteiger partial charge in [-0.3, -0.25) is 9.59 Å². The highest BCUT2D eigenvalue weighted by Crippen LogP contribution is 2.68. The molecule has 0 heterocycles. The maximum Gasteiger partial charge on any atom is 0.302 e. The monoisotopic (exact) mass is 486 g/mol. The van der Waals surface area contributed by atoms with Crippen LogP contribution in [0.25, 0.3) is 0 Å². The maximum absolute atomic E-state index is 12.7. The first-order chi connectivity index (χ1) is 16.4. The van der Waals surface area contributed by atoms with Gasteiger partial charge in [0.2, 0.25) is 5.91 Å². The number of rotatable bonds is 5. The Bertz CT molecular complexity index is 853. The first-order valence-electron chi connectivity index (χ1n) is 14.2. The van der Waals surface area contributed by atoms with E-state index in [-0.39, 0.29) is 29.4 Å². The van der Waals surface area contributed by atoms with Gasteiger partial charge in [0.25, 0.3) is 0 Å². The minimum absolute atomic E-state index is 0.0348. The lowest BCUT2D eigenvalue weighted by molar-refractivity contribution is -0.180. The largest absolute Gasteiger partial charge is 0.460 e. The van der Waals surface area contributed by atoms with Crippen molar-refractivity contribution in [2.24, 2.45) is 40.4 Å². The zero-order chi connectivity index (χ0) is 25.7. The van der Waals surface area contributed by atoms with E-state index in [2.05, 4.69) is 45.1 Å². The highest BCUT2D eigenvalue weighted by Gasteiger charge is 2.62. The van der Waals surface area contributed by atoms with E-state index in [1.165, 1.54) is 39.0 Å². The van der Waals surface area contributed by atoms with Gasteiger partial charge in [-0.1, -0.05) is 19.9 Å². The van der Waals surface area contributed by atoms with Gasteiger partial charge in [-0.05, 0) is 121 Å². The molecule has 4 fully saturated rings. The number of carbonyl (C=O) groups excluding carboxylic acids is 2. The van der Waals surface area contributed by atoms with Gasteiger partial charge in [0.15, 0.2) is 0 Å². The van der Waals surface area contributed by atoms with Crippen LogP contribution in [0.15, 0.2) is 11.6 Å². The number of fused-ring (bicyclic) bond motifs is 5. The minimum atomic E-state index is -0.226. The molecule has 10 unspecified atom stereocenters. The Morgan fingerprint density at radius 1 is 0.943 bits per heavy atom. The molecule has 0 aliphatic heterocycles. The van der Waals surface area contributed by atoms with Crippen LogP contribution < -0.4 is 5.32 Å². The molecular formula is C30H50N2O3. The lowest BCUT2D eigenvalue weighted by Crippen LogP contribution is -2.62. The van der Waals surface area contributed by atoms with E-state index in [1.54, 1.807) is 0 Å². The Balaban J connectivity index is 1.57. The van der Waals surface area contributed by atoms with E-state index in [0.717, 1.165) is 42.6 Å². The minimum Gasteiger partial charge on any atom is -0.460 e. The second kappa shape index (κ2) is 9.84. The van der Waals surface area contributed by atoms with Gasteiger partial charge in [0, 0.05) is 24.5 Å². The second-order valence-corrected chi connectivity index (χ2v) is 13.2. The Morgan fingerprint density at radius 2 is 1.57 bits per heavy atom. The number of nitrogens with zero attached hydrogens (tertiary/aromatic N) is 1. The van der Waals surface area contributed by atoms with Crippen molar-refractivity contribution in [3.05, 3.63) is 11.6 Å². The molecule has 4 rings (SSSR count). The fraction of sp³-hybridized carbons (Fsp3) is 0.867. The van der Waals surface area contributed by atoms with Crippen LogP contribution in [0.3, 0.4) is 0 Å². The Kier molecular flexibility index (Phi) is 7.50. The van der Waals surface area contributed by atoms with E-state index < -0.39 is 0 Å². The standard InChI is InChI=1S/C30H50N2O3/c1-9-18(2)28(34)31-26-15-17-30(6)24-14-16-29(5)22(19(3)32(7)8)12-13-23(29)21(24)10-11-25(30)27(26)35-20(4)33/h9,19,21-27H,10-17H2,1-8H3,(H,31,34). The summed E-state index contributed by atoms with van der Waals surface area (Å²) in [6.45, 7) is 12.8. The summed E-state index contributed by atoms with van der Waals surface area (Å²) in [5.41, 5.74) is 1.34. The van der Waals surface area contributed by atoms with Crippen LogP contribution in [-0.4, -0.2) is 49.1 Å². The molecule has 0 aromatic rings. The lowest BCUT2D eigenvalue weighted by atomic mass is 9.44. The fourth-order valence-corrected chi connectivity index (χ4v) is 9.42. The predicted molar refractivity (Wildman–Crippen MR) is 141 cm³/mol. The summed E-state index contributed by atoms with van der Waals surface area (Å²) in [4.78, 5) is 27.3. The Labute approximate surface area is 213 Å². The van der Waals surface area contributed by atoms with Gasteiger partial charge < -0.3 is 15.0 Å². The molecule has 198 valence electrons. The van der Waals surface area contributed by atoms with Crippen molar-refractivity contribution < 1.29 is 14.3 Å². The number of ether oxygens (including phenoxy) is 1. The van der Waals surface area contributed by atoms with E-state index in [9.17, 15) is 9.59 Å². The molecule has 0 radical (unpaired) electrons. The normalized spacial score (nSPS) is 44.1. The van der Waals surface area contributed by atoms with Gasteiger partial charge in [0.1, 0.15) is 6.10 Å². The summed E-state index contributed by atoms with van der Waals surface area (Å²) < 4.78 is 6.04. The smallest absolute Gasteiger partial charge is 0.302 e. The molecule has 4 aliphatic rings. The molecule has 10 atom stereocenters. The lowest BCUT2D eigenvalue weighted by Gasteiger charge is -2.62. The topological polar surface area (TPSA) is 58.6 Å². The maximum atomic E-state index is 12.7. The highest BCUT2D eigenvalue weighted by atomic mass is 16.5. The van der Waals surface area contributed by atoms with Crippen molar-refractivity contribution in [3.8, 4) is 0 Å². The van der Waals surface area contributed by atoms with Crippen LogP contribution in [0.4, 0.5) is 0 Å². The molecular weight excluding hydrogens is 436 g/mol. The SMILES string of the molecule is CC=C(C)C(=O)NC1CCC2(C)C3CCC4(C)C(CCC4C(C)N(C)C)C3CCC2C1OC(C)=O. The van der Waals surface area contributed by atoms with E-state index in [4.69, 9.17) is 4.74 Å². The van der Waals surface area contributed by atoms with Crippen LogP contribution in [0.1, 0.15) is 92.9 Å². The van der Waals surface area contributed by atoms with Crippen LogP contribution in [-0.2, 0) is 14.3 Å². The van der Waals surface area contributed by atoms with Gasteiger partial charge >= 0.3 is 5.97 Å². The summed E-state index contributed by atoms with van der Waals surface area (Å²) in [5.74, 6) is 3.13. The van der Waals surface area contributed by atoms with Crippen molar-refractivity contribution in [2.45, 2.75) is 111 Å². The molecule has 35 heavy (non-hydrogen) atoms. The van der Waals surface area contributed by atoms with Crippen molar-refractivity contribution in [1.29, 1.82) is 0 Å². The second-order valence-electron chi connectivity index (χ2n) is 13.2. The zero-order valence-electron chi connectivity index (χ0n) is 23.5. The number of amides is 1. The number of carbonyl (C=O) groups is 2. The molecule has 4 aliphatic carbocycles. The molecule has 1 amide bonds. The molecule has 0 aromatic heterocycles. The van der Waals surface area contributed by atoms with Crippen molar-refractivity contribution in [1.82, 2.24) is 10.2 Å². The predicted octanol–water partition coefficient (Wildman–Crippen LogP) is 5.59. The zero-order valence-corrected chi connectivity index (χ0v) is 23.5. The number of hydrogen-bond donors (Lipinski definition) is 1. The van der Waals surface area contributed by atoms with E-state index >= 15 is 0 Å². The first kappa shape index (κ1) is 26.7. The Hall–Kier alpha value is -1.36. The molecule has 4 saturated carbocycles. The number of hydrogen-bond acceptors (Lipinski definition) is 4. The first-order valence-corrected chi connectivity index (χ1v) is 14.2. The average Bonchev–Trinajstić information content (AvgIpc) is 3.16. The van der Waals surface area contributed by atoms with Crippen molar-refractivity contribution in [2.75, 3.05) is 14.1 Å². The molecule has 1 N–H and O–H groups in total. The van der Waals surface area contributed by atoms with Crippen LogP contribution in [0, 0.1) is 40.4 Å². The number of allylic oxidation sites excluding steroid dienone is 1. The fourth-order valence-electron chi connectivity index (χ4n) is 9.42. The summed E-state index contributed by atoms with van der Waals surface area (Å²) in [6, 6.07) is 0.531. The van der Waals surface area contributed by atoms with Crippen molar-refractivity contribution >= 4 is 11.9 Å². The highest BCUT2D eigenvalue weighted by molar-refractivity contribution is 5.92. The number of esters is 1. The molecule has 0 aromatic carbocycles. The molecule has 0 saturated heterocycles. The molecule has 0 bridgehead atoms. The summed E-state index contributed by atoms with van der Waals surface area (Å²) >= 11 is 0. The van der Waals surface area contributed by atoms with E-state index in [0.29, 0.717) is 23.3 Å². The van der Waals surface area contributed by atoms with Crippen LogP contribution in [0.5, 0.6) is 0 Å². The molecule has 5 heteroatoms. The third-order valence-electron chi connectivity index (χ3n) is 11.6. The van der Waals surface area contributed by atoms with Gasteiger partial charge in [-0.2, -0.15) is 0 Å². The third kappa shape index (κ3) is 4.49. The summed E-state index contributed by atoms with van der Waals surface area (Å²) in [5, 5.41) is 3.23. The van der Waals surface area contributed by atoms with Gasteiger partial charge in [0.05, 0.1) is 6.04 Å². The average molecular weight is 487 g/mol. The van der Waals surface area contributed by atoms with Gasteiger partial charge in [-0.25, -0.2) is 0 Å². The Morgan fingerprint density at radius 3 is 2.20 bits per heavy atom. The van der Waals surface area contributed by atoms with Crippen LogP contribution >= 0.6 is 0 Å². The van der Waals surface area contributed by atoms with E-state index in [1.807, 2.05) is 19.9 Å². The quantitative estimate of drug-likeness (QED) is 0.407. The molecule has 5 nitrogen and oxygen atoms in total.